The van der Waals surface area contributed by atoms with Crippen LogP contribution in [0.5, 0.6) is 0 Å². The zero-order chi connectivity index (χ0) is 18.0. The molecule has 2 aromatic carbocycles. The maximum Gasteiger partial charge on any atom is 0.274 e. The van der Waals surface area contributed by atoms with E-state index in [9.17, 15) is 9.59 Å². The average Bonchev–Trinajstić information content (AvgIpc) is 2.63. The average molecular weight is 335 g/mol. The summed E-state index contributed by atoms with van der Waals surface area (Å²) in [4.78, 5) is 25.1. The molecule has 0 aliphatic heterocycles. The first-order valence-corrected chi connectivity index (χ1v) is 8.31. The first kappa shape index (κ1) is 16.9. The standard InChI is InChI=1S/C20H21N3O2/c1-13(2)17(14-9-5-4-6-10-14)21-19(24)18-15-11-7-8-12-16(15)20(25)23(3)22-18/h4-13,17H,1-3H3,(H,21,24)/t17-/m1/s1. The lowest BCUT2D eigenvalue weighted by Gasteiger charge is -2.23. The lowest BCUT2D eigenvalue weighted by Crippen LogP contribution is -2.34. The molecule has 0 saturated heterocycles. The van der Waals surface area contributed by atoms with Gasteiger partial charge in [-0.3, -0.25) is 9.59 Å². The zero-order valence-corrected chi connectivity index (χ0v) is 14.6. The van der Waals surface area contributed by atoms with E-state index in [1.54, 1.807) is 31.3 Å². The van der Waals surface area contributed by atoms with Gasteiger partial charge >= 0.3 is 0 Å². The number of fused-ring (bicyclic) bond motifs is 1. The van der Waals surface area contributed by atoms with Gasteiger partial charge < -0.3 is 5.32 Å². The largest absolute Gasteiger partial charge is 0.344 e. The van der Waals surface area contributed by atoms with Crippen LogP contribution in [0.3, 0.4) is 0 Å². The minimum absolute atomic E-state index is 0.133. The molecular weight excluding hydrogens is 314 g/mol. The first-order chi connectivity index (χ1) is 12.0. The maximum absolute atomic E-state index is 12.9. The number of aryl methyl sites for hydroxylation is 1. The topological polar surface area (TPSA) is 64.0 Å². The number of aromatic nitrogens is 2. The molecule has 1 N–H and O–H groups in total. The molecule has 1 amide bonds. The second-order valence-corrected chi connectivity index (χ2v) is 6.43. The van der Waals surface area contributed by atoms with Crippen molar-refractivity contribution >= 4 is 16.7 Å². The van der Waals surface area contributed by atoms with Gasteiger partial charge in [0.1, 0.15) is 0 Å². The number of amides is 1. The minimum atomic E-state index is -0.283. The Hall–Kier alpha value is -2.95. The molecule has 0 radical (unpaired) electrons. The molecule has 5 nitrogen and oxygen atoms in total. The van der Waals surface area contributed by atoms with Gasteiger partial charge in [0.05, 0.1) is 11.4 Å². The third-order valence-electron chi connectivity index (χ3n) is 4.28. The van der Waals surface area contributed by atoms with E-state index in [0.29, 0.717) is 10.8 Å². The first-order valence-electron chi connectivity index (χ1n) is 8.31. The highest BCUT2D eigenvalue weighted by molar-refractivity contribution is 6.04. The quantitative estimate of drug-likeness (QED) is 0.797. The van der Waals surface area contributed by atoms with Gasteiger partial charge in [-0.1, -0.05) is 62.4 Å². The summed E-state index contributed by atoms with van der Waals surface area (Å²) in [5, 5.41) is 8.33. The summed E-state index contributed by atoms with van der Waals surface area (Å²) in [6.07, 6.45) is 0. The highest BCUT2D eigenvalue weighted by atomic mass is 16.2. The Bertz CT molecular complexity index is 962. The molecular formula is C20H21N3O2. The summed E-state index contributed by atoms with van der Waals surface area (Å²) >= 11 is 0. The third kappa shape index (κ3) is 3.31. The van der Waals surface area contributed by atoms with Crippen LogP contribution in [0.1, 0.15) is 35.9 Å². The van der Waals surface area contributed by atoms with Gasteiger partial charge in [-0.25, -0.2) is 4.68 Å². The van der Waals surface area contributed by atoms with E-state index in [4.69, 9.17) is 0 Å². The molecule has 1 aromatic heterocycles. The van der Waals surface area contributed by atoms with Crippen molar-refractivity contribution in [3.05, 3.63) is 76.2 Å². The molecule has 5 heteroatoms. The van der Waals surface area contributed by atoms with Crippen LogP contribution < -0.4 is 10.9 Å². The fourth-order valence-corrected chi connectivity index (χ4v) is 2.97. The summed E-state index contributed by atoms with van der Waals surface area (Å²) in [6, 6.07) is 16.8. The highest BCUT2D eigenvalue weighted by Gasteiger charge is 2.22. The van der Waals surface area contributed by atoms with E-state index in [-0.39, 0.29) is 29.1 Å². The molecule has 0 fully saturated rings. The van der Waals surface area contributed by atoms with Gasteiger partial charge in [-0.05, 0) is 17.5 Å². The van der Waals surface area contributed by atoms with E-state index in [1.807, 2.05) is 30.3 Å². The predicted octanol–water partition coefficient (Wildman–Crippen LogP) is 3.06. The van der Waals surface area contributed by atoms with Crippen molar-refractivity contribution in [2.24, 2.45) is 13.0 Å². The zero-order valence-electron chi connectivity index (χ0n) is 14.6. The third-order valence-corrected chi connectivity index (χ3v) is 4.28. The lowest BCUT2D eigenvalue weighted by atomic mass is 9.96. The molecule has 3 aromatic rings. The number of benzene rings is 2. The summed E-state index contributed by atoms with van der Waals surface area (Å²) in [7, 11) is 1.56. The van der Waals surface area contributed by atoms with E-state index < -0.39 is 0 Å². The van der Waals surface area contributed by atoms with Crippen molar-refractivity contribution in [2.75, 3.05) is 0 Å². The number of nitrogens with zero attached hydrogens (tertiary/aromatic N) is 2. The van der Waals surface area contributed by atoms with Crippen molar-refractivity contribution < 1.29 is 4.79 Å². The Kier molecular flexibility index (Phi) is 4.65. The van der Waals surface area contributed by atoms with Gasteiger partial charge in [-0.15, -0.1) is 0 Å². The lowest BCUT2D eigenvalue weighted by molar-refractivity contribution is 0.0920. The summed E-state index contributed by atoms with van der Waals surface area (Å²) in [6.45, 7) is 4.12. The number of hydrogen-bond donors (Lipinski definition) is 1. The van der Waals surface area contributed by atoms with Crippen molar-refractivity contribution in [1.29, 1.82) is 0 Å². The molecule has 0 bridgehead atoms. The van der Waals surface area contributed by atoms with Crippen molar-refractivity contribution in [2.45, 2.75) is 19.9 Å². The van der Waals surface area contributed by atoms with E-state index >= 15 is 0 Å². The van der Waals surface area contributed by atoms with Crippen LogP contribution in [-0.4, -0.2) is 15.7 Å². The van der Waals surface area contributed by atoms with Gasteiger partial charge in [0, 0.05) is 12.4 Å². The fourth-order valence-electron chi connectivity index (χ4n) is 2.97. The fraction of sp³-hybridized carbons (Fsp3) is 0.250. The van der Waals surface area contributed by atoms with E-state index in [1.165, 1.54) is 4.68 Å². The molecule has 1 heterocycles. The Morgan fingerprint density at radius 3 is 2.24 bits per heavy atom. The van der Waals surface area contributed by atoms with Crippen LogP contribution in [0.4, 0.5) is 0 Å². The number of hydrogen-bond acceptors (Lipinski definition) is 3. The van der Waals surface area contributed by atoms with Crippen molar-refractivity contribution in [3.8, 4) is 0 Å². The maximum atomic E-state index is 12.9. The van der Waals surface area contributed by atoms with Crippen molar-refractivity contribution in [3.63, 3.8) is 0 Å². The van der Waals surface area contributed by atoms with Gasteiger partial charge in [0.15, 0.2) is 5.69 Å². The van der Waals surface area contributed by atoms with E-state index in [2.05, 4.69) is 24.3 Å². The second kappa shape index (κ2) is 6.89. The van der Waals surface area contributed by atoms with Gasteiger partial charge in [0.25, 0.3) is 11.5 Å². The normalized spacial score (nSPS) is 12.3. The molecule has 0 aliphatic rings. The second-order valence-electron chi connectivity index (χ2n) is 6.43. The SMILES string of the molecule is CC(C)[C@@H](NC(=O)c1nn(C)c(=O)c2ccccc12)c1ccccc1. The molecule has 3 rings (SSSR count). The smallest absolute Gasteiger partial charge is 0.274 e. The van der Waals surface area contributed by atoms with Crippen molar-refractivity contribution in [1.82, 2.24) is 15.1 Å². The Morgan fingerprint density at radius 1 is 1.00 bits per heavy atom. The Morgan fingerprint density at radius 2 is 1.60 bits per heavy atom. The minimum Gasteiger partial charge on any atom is -0.344 e. The predicted molar refractivity (Wildman–Crippen MR) is 98.5 cm³/mol. The summed E-state index contributed by atoms with van der Waals surface area (Å²) in [5.74, 6) is -0.0699. The molecule has 25 heavy (non-hydrogen) atoms. The summed E-state index contributed by atoms with van der Waals surface area (Å²) < 4.78 is 1.21. The monoisotopic (exact) mass is 335 g/mol. The van der Waals surface area contributed by atoms with Crippen LogP contribution in [0.25, 0.3) is 10.8 Å². The number of carbonyl (C=O) groups excluding carboxylic acids is 1. The molecule has 0 spiro atoms. The van der Waals surface area contributed by atoms with Crippen LogP contribution in [0, 0.1) is 5.92 Å². The van der Waals surface area contributed by atoms with Crippen LogP contribution >= 0.6 is 0 Å². The van der Waals surface area contributed by atoms with E-state index in [0.717, 1.165) is 5.56 Å². The van der Waals surface area contributed by atoms with Gasteiger partial charge in [-0.2, -0.15) is 5.10 Å². The Labute approximate surface area is 146 Å². The molecule has 128 valence electrons. The molecule has 0 unspecified atom stereocenters. The summed E-state index contributed by atoms with van der Waals surface area (Å²) in [5.41, 5.74) is 1.09. The number of rotatable bonds is 4. The number of nitrogens with one attached hydrogen (secondary N) is 1. The molecule has 1 atom stereocenters. The molecule has 0 aliphatic carbocycles. The van der Waals surface area contributed by atoms with Crippen LogP contribution in [-0.2, 0) is 7.05 Å². The molecule has 0 saturated carbocycles. The van der Waals surface area contributed by atoms with Crippen LogP contribution in [0.15, 0.2) is 59.4 Å². The highest BCUT2D eigenvalue weighted by Crippen LogP contribution is 2.22. The Balaban J connectivity index is 2.02. The van der Waals surface area contributed by atoms with Gasteiger partial charge in [0.2, 0.25) is 0 Å². The van der Waals surface area contributed by atoms with Crippen LogP contribution in [0.2, 0.25) is 0 Å². The number of carbonyl (C=O) groups is 1.